The molecule has 0 aliphatic heterocycles. The molecule has 0 heterocycles. The predicted molar refractivity (Wildman–Crippen MR) is 101 cm³/mol. The molecule has 0 atom stereocenters. The van der Waals surface area contributed by atoms with Crippen molar-refractivity contribution < 1.29 is 24.1 Å². The Kier molecular flexibility index (Phi) is 6.72. The molecule has 140 valence electrons. The number of carbonyl (C=O) groups excluding carboxylic acids is 1. The molecule has 0 unspecified atom stereocenters. The molecule has 0 fully saturated rings. The van der Waals surface area contributed by atoms with Crippen LogP contribution in [0.5, 0.6) is 23.0 Å². The van der Waals surface area contributed by atoms with Gasteiger partial charge in [0.2, 0.25) is 11.7 Å². The lowest BCUT2D eigenvalue weighted by atomic mass is 10.0. The lowest BCUT2D eigenvalue weighted by molar-refractivity contribution is -0.115. The summed E-state index contributed by atoms with van der Waals surface area (Å²) in [5.41, 5.74) is 2.62. The van der Waals surface area contributed by atoms with E-state index >= 15 is 0 Å². The van der Waals surface area contributed by atoms with E-state index in [0.29, 0.717) is 30.8 Å². The SMILES string of the molecule is CCC(=O)Nc1ccc(OC)cc1CCc1cc(O)c(OC)c(OC)c1. The molecule has 0 aromatic heterocycles. The maximum Gasteiger partial charge on any atom is 0.224 e. The zero-order chi connectivity index (χ0) is 19.1. The summed E-state index contributed by atoms with van der Waals surface area (Å²) in [5.74, 6) is 1.51. The van der Waals surface area contributed by atoms with Crippen LogP contribution in [0.4, 0.5) is 5.69 Å². The average molecular weight is 359 g/mol. The van der Waals surface area contributed by atoms with Crippen LogP contribution in [-0.4, -0.2) is 32.3 Å². The number of phenolic OH excluding ortho intramolecular Hbond substituents is 1. The van der Waals surface area contributed by atoms with Crippen molar-refractivity contribution in [2.24, 2.45) is 0 Å². The van der Waals surface area contributed by atoms with Crippen molar-refractivity contribution in [1.82, 2.24) is 0 Å². The van der Waals surface area contributed by atoms with Crippen molar-refractivity contribution >= 4 is 11.6 Å². The van der Waals surface area contributed by atoms with Gasteiger partial charge in [0, 0.05) is 12.1 Å². The third-order valence-electron chi connectivity index (χ3n) is 4.11. The number of aromatic hydroxyl groups is 1. The van der Waals surface area contributed by atoms with Crippen molar-refractivity contribution in [3.8, 4) is 23.0 Å². The van der Waals surface area contributed by atoms with Crippen molar-refractivity contribution in [3.63, 3.8) is 0 Å². The third-order valence-corrected chi connectivity index (χ3v) is 4.11. The summed E-state index contributed by atoms with van der Waals surface area (Å²) in [4.78, 5) is 11.8. The van der Waals surface area contributed by atoms with E-state index in [9.17, 15) is 9.90 Å². The molecular weight excluding hydrogens is 334 g/mol. The molecule has 1 amide bonds. The molecule has 2 aromatic rings. The Balaban J connectivity index is 2.25. The first-order valence-electron chi connectivity index (χ1n) is 8.43. The van der Waals surface area contributed by atoms with Crippen molar-refractivity contribution in [2.45, 2.75) is 26.2 Å². The highest BCUT2D eigenvalue weighted by Crippen LogP contribution is 2.37. The van der Waals surface area contributed by atoms with E-state index in [-0.39, 0.29) is 11.7 Å². The van der Waals surface area contributed by atoms with E-state index in [2.05, 4.69) is 5.32 Å². The van der Waals surface area contributed by atoms with E-state index in [4.69, 9.17) is 14.2 Å². The van der Waals surface area contributed by atoms with Gasteiger partial charge in [-0.3, -0.25) is 4.79 Å². The molecule has 2 aromatic carbocycles. The Bertz CT molecular complexity index is 773. The number of ether oxygens (including phenoxy) is 3. The van der Waals surface area contributed by atoms with Crippen molar-refractivity contribution in [1.29, 1.82) is 0 Å². The van der Waals surface area contributed by atoms with E-state index in [1.54, 1.807) is 13.2 Å². The first-order chi connectivity index (χ1) is 12.5. The maximum atomic E-state index is 11.8. The van der Waals surface area contributed by atoms with Crippen LogP contribution in [0.25, 0.3) is 0 Å². The highest BCUT2D eigenvalue weighted by atomic mass is 16.5. The van der Waals surface area contributed by atoms with Gasteiger partial charge in [-0.05, 0) is 54.3 Å². The Hall–Kier alpha value is -2.89. The molecule has 0 saturated carbocycles. The van der Waals surface area contributed by atoms with Crippen LogP contribution >= 0.6 is 0 Å². The smallest absolute Gasteiger partial charge is 0.224 e. The summed E-state index contributed by atoms with van der Waals surface area (Å²) in [6.45, 7) is 1.81. The zero-order valence-corrected chi connectivity index (χ0v) is 15.6. The quantitative estimate of drug-likeness (QED) is 0.754. The molecule has 0 radical (unpaired) electrons. The standard InChI is InChI=1S/C20H25NO5/c1-5-19(23)21-16-9-8-15(24-2)12-14(16)7-6-13-10-17(22)20(26-4)18(11-13)25-3/h8-12,22H,5-7H2,1-4H3,(H,21,23). The molecule has 2 rings (SSSR count). The first kappa shape index (κ1) is 19.4. The summed E-state index contributed by atoms with van der Waals surface area (Å²) < 4.78 is 15.7. The summed E-state index contributed by atoms with van der Waals surface area (Å²) in [6.07, 6.45) is 1.72. The average Bonchev–Trinajstić information content (AvgIpc) is 2.66. The number of benzene rings is 2. The Morgan fingerprint density at radius 1 is 1.04 bits per heavy atom. The van der Waals surface area contributed by atoms with Crippen LogP contribution in [0.2, 0.25) is 0 Å². The number of nitrogens with one attached hydrogen (secondary N) is 1. The predicted octanol–water partition coefficient (Wildman–Crippen LogP) is 3.55. The first-order valence-corrected chi connectivity index (χ1v) is 8.43. The summed E-state index contributed by atoms with van der Waals surface area (Å²) in [5, 5.41) is 13.0. The molecule has 6 heteroatoms. The number of hydrogen-bond donors (Lipinski definition) is 2. The number of anilines is 1. The van der Waals surface area contributed by atoms with E-state index in [1.807, 2.05) is 31.2 Å². The maximum absolute atomic E-state index is 11.8. The van der Waals surface area contributed by atoms with Gasteiger partial charge in [-0.1, -0.05) is 6.92 Å². The Morgan fingerprint density at radius 3 is 2.42 bits per heavy atom. The van der Waals surface area contributed by atoms with Crippen LogP contribution in [0, 0.1) is 0 Å². The van der Waals surface area contributed by atoms with Gasteiger partial charge >= 0.3 is 0 Å². The van der Waals surface area contributed by atoms with Gasteiger partial charge in [0.1, 0.15) is 5.75 Å². The zero-order valence-electron chi connectivity index (χ0n) is 15.6. The van der Waals surface area contributed by atoms with Crippen LogP contribution < -0.4 is 19.5 Å². The lowest BCUT2D eigenvalue weighted by Gasteiger charge is -2.14. The number of methoxy groups -OCH3 is 3. The fourth-order valence-electron chi connectivity index (χ4n) is 2.69. The summed E-state index contributed by atoms with van der Waals surface area (Å²) >= 11 is 0. The van der Waals surface area contributed by atoms with Gasteiger partial charge in [0.15, 0.2) is 11.5 Å². The fourth-order valence-corrected chi connectivity index (χ4v) is 2.69. The minimum Gasteiger partial charge on any atom is -0.504 e. The molecule has 0 spiro atoms. The number of aryl methyl sites for hydroxylation is 2. The van der Waals surface area contributed by atoms with Crippen LogP contribution in [0.1, 0.15) is 24.5 Å². The second-order valence-corrected chi connectivity index (χ2v) is 5.78. The lowest BCUT2D eigenvalue weighted by Crippen LogP contribution is -2.11. The highest BCUT2D eigenvalue weighted by molar-refractivity contribution is 5.91. The van der Waals surface area contributed by atoms with E-state index < -0.39 is 0 Å². The second-order valence-electron chi connectivity index (χ2n) is 5.78. The third kappa shape index (κ3) is 4.59. The molecule has 6 nitrogen and oxygen atoms in total. The van der Waals surface area contributed by atoms with Crippen LogP contribution in [0.15, 0.2) is 30.3 Å². The van der Waals surface area contributed by atoms with Gasteiger partial charge in [0.05, 0.1) is 21.3 Å². The monoisotopic (exact) mass is 359 g/mol. The second kappa shape index (κ2) is 8.99. The number of amides is 1. The molecule has 0 bridgehead atoms. The van der Waals surface area contributed by atoms with Gasteiger partial charge in [0.25, 0.3) is 0 Å². The molecule has 0 aliphatic carbocycles. The number of rotatable bonds is 8. The largest absolute Gasteiger partial charge is 0.504 e. The Labute approximate surface area is 153 Å². The number of hydrogen-bond acceptors (Lipinski definition) is 5. The molecule has 0 aliphatic rings. The normalized spacial score (nSPS) is 10.3. The molecule has 26 heavy (non-hydrogen) atoms. The fraction of sp³-hybridized carbons (Fsp3) is 0.350. The number of phenols is 1. The van der Waals surface area contributed by atoms with E-state index in [1.165, 1.54) is 14.2 Å². The minimum absolute atomic E-state index is 0.0343. The summed E-state index contributed by atoms with van der Waals surface area (Å²) in [7, 11) is 4.62. The topological polar surface area (TPSA) is 77.0 Å². The van der Waals surface area contributed by atoms with Crippen LogP contribution in [-0.2, 0) is 17.6 Å². The highest BCUT2D eigenvalue weighted by Gasteiger charge is 2.13. The van der Waals surface area contributed by atoms with Crippen molar-refractivity contribution in [2.75, 3.05) is 26.6 Å². The van der Waals surface area contributed by atoms with Gasteiger partial charge in [-0.15, -0.1) is 0 Å². The molecule has 0 saturated heterocycles. The minimum atomic E-state index is -0.0415. The molecular formula is C20H25NO5. The van der Waals surface area contributed by atoms with E-state index in [0.717, 1.165) is 22.6 Å². The van der Waals surface area contributed by atoms with Crippen molar-refractivity contribution in [3.05, 3.63) is 41.5 Å². The van der Waals surface area contributed by atoms with Gasteiger partial charge in [-0.25, -0.2) is 0 Å². The summed E-state index contributed by atoms with van der Waals surface area (Å²) in [6, 6.07) is 9.06. The van der Waals surface area contributed by atoms with Gasteiger partial charge < -0.3 is 24.6 Å². The molecule has 2 N–H and O–H groups in total. The Morgan fingerprint density at radius 2 is 1.81 bits per heavy atom. The van der Waals surface area contributed by atoms with Crippen LogP contribution in [0.3, 0.4) is 0 Å². The number of carbonyl (C=O) groups is 1. The van der Waals surface area contributed by atoms with Gasteiger partial charge in [-0.2, -0.15) is 0 Å².